The largest absolute Gasteiger partial charge is 0.298 e. The van der Waals surface area contributed by atoms with E-state index in [0.717, 1.165) is 16.8 Å². The SMILES string of the molecule is Cc1ccc(-c2csc(NC(=O)c3ccc(S(=O)(=O)N(C)Cc4ccccc4)cc3)n2)cc1C. The van der Waals surface area contributed by atoms with Gasteiger partial charge in [0.15, 0.2) is 5.13 Å². The molecule has 0 aliphatic rings. The third kappa shape index (κ3) is 5.25. The quantitative estimate of drug-likeness (QED) is 0.370. The molecule has 0 fully saturated rings. The van der Waals surface area contributed by atoms with Crippen LogP contribution >= 0.6 is 11.3 Å². The van der Waals surface area contributed by atoms with Gasteiger partial charge in [0.05, 0.1) is 10.6 Å². The number of benzene rings is 3. The van der Waals surface area contributed by atoms with Gasteiger partial charge in [-0.3, -0.25) is 10.1 Å². The molecule has 0 bridgehead atoms. The molecular formula is C26H25N3O3S2. The summed E-state index contributed by atoms with van der Waals surface area (Å²) in [6, 6.07) is 21.4. The van der Waals surface area contributed by atoms with E-state index < -0.39 is 10.0 Å². The highest BCUT2D eigenvalue weighted by molar-refractivity contribution is 7.89. The van der Waals surface area contributed by atoms with Crippen LogP contribution in [0.3, 0.4) is 0 Å². The fourth-order valence-electron chi connectivity index (χ4n) is 3.42. The Balaban J connectivity index is 1.44. The van der Waals surface area contributed by atoms with Gasteiger partial charge in [-0.15, -0.1) is 11.3 Å². The standard InChI is InChI=1S/C26H25N3O3S2/c1-18-9-10-22(15-19(18)2)24-17-33-26(27-24)28-25(30)21-11-13-23(14-12-21)34(31,32)29(3)16-20-7-5-4-6-8-20/h4-15,17H,16H2,1-3H3,(H,27,28,30). The van der Waals surface area contributed by atoms with E-state index in [0.29, 0.717) is 10.7 Å². The van der Waals surface area contributed by atoms with E-state index in [1.807, 2.05) is 41.8 Å². The summed E-state index contributed by atoms with van der Waals surface area (Å²) in [4.78, 5) is 17.3. The number of nitrogens with one attached hydrogen (secondary N) is 1. The summed E-state index contributed by atoms with van der Waals surface area (Å²) in [5, 5.41) is 5.18. The van der Waals surface area contributed by atoms with Gasteiger partial charge in [0, 0.05) is 30.1 Å². The van der Waals surface area contributed by atoms with Crippen LogP contribution < -0.4 is 5.32 Å². The van der Waals surface area contributed by atoms with Crippen molar-refractivity contribution < 1.29 is 13.2 Å². The summed E-state index contributed by atoms with van der Waals surface area (Å²) < 4.78 is 27.1. The van der Waals surface area contributed by atoms with Crippen LogP contribution in [0.4, 0.5) is 5.13 Å². The topological polar surface area (TPSA) is 79.4 Å². The Morgan fingerprint density at radius 2 is 1.68 bits per heavy atom. The van der Waals surface area contributed by atoms with Crippen LogP contribution in [-0.2, 0) is 16.6 Å². The number of hydrogen-bond acceptors (Lipinski definition) is 5. The molecule has 0 aliphatic carbocycles. The molecule has 4 rings (SSSR count). The number of sulfonamides is 1. The summed E-state index contributed by atoms with van der Waals surface area (Å²) in [6.07, 6.45) is 0. The molecule has 1 aromatic heterocycles. The highest BCUT2D eigenvalue weighted by Gasteiger charge is 2.21. The van der Waals surface area contributed by atoms with Gasteiger partial charge in [0.1, 0.15) is 0 Å². The van der Waals surface area contributed by atoms with Crippen LogP contribution in [0.5, 0.6) is 0 Å². The predicted molar refractivity (Wildman–Crippen MR) is 137 cm³/mol. The predicted octanol–water partition coefficient (Wildman–Crippen LogP) is 5.50. The maximum Gasteiger partial charge on any atom is 0.257 e. The van der Waals surface area contributed by atoms with E-state index in [-0.39, 0.29) is 17.3 Å². The van der Waals surface area contributed by atoms with Crippen molar-refractivity contribution in [3.63, 3.8) is 0 Å². The number of anilines is 1. The first-order valence-corrected chi connectivity index (χ1v) is 13.0. The second-order valence-corrected chi connectivity index (χ2v) is 11.0. The van der Waals surface area contributed by atoms with Crippen LogP contribution in [0.25, 0.3) is 11.3 Å². The molecule has 1 amide bonds. The molecule has 0 radical (unpaired) electrons. The van der Waals surface area contributed by atoms with Gasteiger partial charge in [-0.2, -0.15) is 4.31 Å². The smallest absolute Gasteiger partial charge is 0.257 e. The number of nitrogens with zero attached hydrogens (tertiary/aromatic N) is 2. The lowest BCUT2D eigenvalue weighted by Gasteiger charge is -2.17. The van der Waals surface area contributed by atoms with Crippen LogP contribution in [-0.4, -0.2) is 30.7 Å². The molecule has 3 aromatic carbocycles. The van der Waals surface area contributed by atoms with Gasteiger partial charge in [-0.1, -0.05) is 42.5 Å². The molecule has 0 atom stereocenters. The summed E-state index contributed by atoms with van der Waals surface area (Å²) in [5.74, 6) is -0.345. The van der Waals surface area contributed by atoms with E-state index in [9.17, 15) is 13.2 Å². The molecule has 174 valence electrons. The molecule has 34 heavy (non-hydrogen) atoms. The average Bonchev–Trinajstić information content (AvgIpc) is 3.30. The van der Waals surface area contributed by atoms with Crippen LogP contribution in [0, 0.1) is 13.8 Å². The Morgan fingerprint density at radius 3 is 2.35 bits per heavy atom. The molecule has 4 aromatic rings. The van der Waals surface area contributed by atoms with E-state index in [2.05, 4.69) is 36.3 Å². The highest BCUT2D eigenvalue weighted by atomic mass is 32.2. The third-order valence-corrected chi connectivity index (χ3v) is 8.18. The zero-order chi connectivity index (χ0) is 24.3. The Bertz CT molecular complexity index is 1410. The Kier molecular flexibility index (Phi) is 6.92. The summed E-state index contributed by atoms with van der Waals surface area (Å²) in [7, 11) is -2.14. The van der Waals surface area contributed by atoms with Crippen LogP contribution in [0.2, 0.25) is 0 Å². The van der Waals surface area contributed by atoms with Crippen molar-refractivity contribution in [2.75, 3.05) is 12.4 Å². The van der Waals surface area contributed by atoms with Crippen molar-refractivity contribution in [2.45, 2.75) is 25.3 Å². The number of thiazole rings is 1. The van der Waals surface area contributed by atoms with E-state index in [1.54, 1.807) is 7.05 Å². The maximum atomic E-state index is 12.9. The number of aryl methyl sites for hydroxylation is 2. The van der Waals surface area contributed by atoms with Crippen molar-refractivity contribution in [2.24, 2.45) is 0 Å². The summed E-state index contributed by atoms with van der Waals surface area (Å²) in [5.41, 5.74) is 5.44. The fraction of sp³-hybridized carbons (Fsp3) is 0.154. The first-order valence-electron chi connectivity index (χ1n) is 10.7. The van der Waals surface area contributed by atoms with Crippen molar-refractivity contribution in [3.05, 3.63) is 100 Å². The van der Waals surface area contributed by atoms with Gasteiger partial charge in [0.2, 0.25) is 10.0 Å². The Labute approximate surface area is 204 Å². The summed E-state index contributed by atoms with van der Waals surface area (Å²) in [6.45, 7) is 4.37. The molecule has 0 unspecified atom stereocenters. The van der Waals surface area contributed by atoms with Crippen molar-refractivity contribution >= 4 is 32.4 Å². The maximum absolute atomic E-state index is 12.9. The average molecular weight is 492 g/mol. The van der Waals surface area contributed by atoms with Gasteiger partial charge >= 0.3 is 0 Å². The Hall–Kier alpha value is -3.33. The third-order valence-electron chi connectivity index (χ3n) is 5.60. The number of aromatic nitrogens is 1. The minimum absolute atomic E-state index is 0.133. The van der Waals surface area contributed by atoms with E-state index in [4.69, 9.17) is 0 Å². The lowest BCUT2D eigenvalue weighted by atomic mass is 10.1. The van der Waals surface area contributed by atoms with Crippen LogP contribution in [0.1, 0.15) is 27.0 Å². The minimum Gasteiger partial charge on any atom is -0.298 e. The van der Waals surface area contributed by atoms with E-state index in [1.165, 1.54) is 51.0 Å². The number of carbonyl (C=O) groups excluding carboxylic acids is 1. The first-order chi connectivity index (χ1) is 16.2. The Morgan fingerprint density at radius 1 is 0.971 bits per heavy atom. The number of rotatable bonds is 7. The van der Waals surface area contributed by atoms with Crippen molar-refractivity contribution in [3.8, 4) is 11.3 Å². The van der Waals surface area contributed by atoms with Crippen molar-refractivity contribution in [1.82, 2.24) is 9.29 Å². The van der Waals surface area contributed by atoms with Gasteiger partial charge in [-0.05, 0) is 60.9 Å². The second-order valence-electron chi connectivity index (χ2n) is 8.06. The number of amides is 1. The minimum atomic E-state index is -3.68. The molecule has 1 heterocycles. The van der Waals surface area contributed by atoms with Gasteiger partial charge in [0.25, 0.3) is 5.91 Å². The first kappa shape index (κ1) is 23.8. The number of carbonyl (C=O) groups is 1. The monoisotopic (exact) mass is 491 g/mol. The molecular weight excluding hydrogens is 466 g/mol. The molecule has 0 spiro atoms. The zero-order valence-corrected chi connectivity index (χ0v) is 20.8. The zero-order valence-electron chi connectivity index (χ0n) is 19.1. The molecule has 1 N–H and O–H groups in total. The summed E-state index contributed by atoms with van der Waals surface area (Å²) >= 11 is 1.34. The second kappa shape index (κ2) is 9.89. The fourth-order valence-corrected chi connectivity index (χ4v) is 5.29. The van der Waals surface area contributed by atoms with Crippen molar-refractivity contribution in [1.29, 1.82) is 0 Å². The molecule has 6 nitrogen and oxygen atoms in total. The molecule has 0 aliphatic heterocycles. The van der Waals surface area contributed by atoms with Gasteiger partial charge < -0.3 is 0 Å². The molecule has 0 saturated carbocycles. The lowest BCUT2D eigenvalue weighted by Crippen LogP contribution is -2.26. The van der Waals surface area contributed by atoms with Crippen LogP contribution in [0.15, 0.2) is 83.1 Å². The lowest BCUT2D eigenvalue weighted by molar-refractivity contribution is 0.102. The number of hydrogen-bond donors (Lipinski definition) is 1. The normalized spacial score (nSPS) is 11.5. The van der Waals surface area contributed by atoms with E-state index >= 15 is 0 Å². The highest BCUT2D eigenvalue weighted by Crippen LogP contribution is 2.27. The molecule has 0 saturated heterocycles. The molecule has 8 heteroatoms. The van der Waals surface area contributed by atoms with Gasteiger partial charge in [-0.25, -0.2) is 13.4 Å².